The van der Waals surface area contributed by atoms with Crippen LogP contribution in [0.25, 0.3) is 0 Å². The Labute approximate surface area is 196 Å². The van der Waals surface area contributed by atoms with Crippen molar-refractivity contribution >= 4 is 27.5 Å². The first kappa shape index (κ1) is 26.2. The zero-order chi connectivity index (χ0) is 24.8. The van der Waals surface area contributed by atoms with Crippen molar-refractivity contribution < 1.29 is 22.7 Å². The standard InChI is InChI=1S/C24H33N3O5S/c1-7-25-24(29)19(4)26(15-20-9-8-10-22(14-20)32-5)23(28)16-27(33(6,30)31)21-12-11-17(2)18(3)13-21/h8-14,19H,7,15-16H2,1-6H3,(H,25,29)/t19-/m1/s1. The van der Waals surface area contributed by atoms with Crippen molar-refractivity contribution in [2.75, 3.05) is 30.8 Å². The van der Waals surface area contributed by atoms with Crippen LogP contribution in [0.2, 0.25) is 0 Å². The van der Waals surface area contributed by atoms with Gasteiger partial charge in [-0.15, -0.1) is 0 Å². The molecule has 180 valence electrons. The quantitative estimate of drug-likeness (QED) is 0.570. The molecule has 1 N–H and O–H groups in total. The zero-order valence-corrected chi connectivity index (χ0v) is 20.9. The van der Waals surface area contributed by atoms with E-state index in [1.165, 1.54) is 4.90 Å². The number of nitrogens with one attached hydrogen (secondary N) is 1. The molecule has 0 aliphatic carbocycles. The highest BCUT2D eigenvalue weighted by molar-refractivity contribution is 7.92. The second-order valence-corrected chi connectivity index (χ2v) is 9.89. The van der Waals surface area contributed by atoms with E-state index in [1.807, 2.05) is 26.0 Å². The molecule has 1 atom stereocenters. The molecule has 0 saturated carbocycles. The summed E-state index contributed by atoms with van der Waals surface area (Å²) in [5.74, 6) is -0.176. The molecule has 0 aliphatic rings. The van der Waals surface area contributed by atoms with Crippen LogP contribution < -0.4 is 14.4 Å². The highest BCUT2D eigenvalue weighted by Gasteiger charge is 2.30. The number of sulfonamides is 1. The van der Waals surface area contributed by atoms with Gasteiger partial charge in [0, 0.05) is 13.1 Å². The van der Waals surface area contributed by atoms with Gasteiger partial charge in [0.05, 0.1) is 19.1 Å². The Balaban J connectivity index is 2.41. The van der Waals surface area contributed by atoms with Gasteiger partial charge in [-0.05, 0) is 68.7 Å². The SMILES string of the molecule is CCNC(=O)[C@@H](C)N(Cc1cccc(OC)c1)C(=O)CN(c1ccc(C)c(C)c1)S(C)(=O)=O. The number of hydrogen-bond donors (Lipinski definition) is 1. The Morgan fingerprint density at radius 3 is 2.36 bits per heavy atom. The maximum absolute atomic E-state index is 13.4. The topological polar surface area (TPSA) is 96.0 Å². The molecule has 0 spiro atoms. The molecule has 0 radical (unpaired) electrons. The fourth-order valence-electron chi connectivity index (χ4n) is 3.37. The van der Waals surface area contributed by atoms with Crippen LogP contribution in [0.5, 0.6) is 5.75 Å². The third-order valence-electron chi connectivity index (χ3n) is 5.46. The third-order valence-corrected chi connectivity index (χ3v) is 6.60. The van der Waals surface area contributed by atoms with Gasteiger partial charge < -0.3 is 15.0 Å². The molecule has 8 nitrogen and oxygen atoms in total. The zero-order valence-electron chi connectivity index (χ0n) is 20.1. The molecule has 0 unspecified atom stereocenters. The van der Waals surface area contributed by atoms with E-state index in [2.05, 4.69) is 5.32 Å². The van der Waals surface area contributed by atoms with E-state index in [4.69, 9.17) is 4.74 Å². The van der Waals surface area contributed by atoms with Gasteiger partial charge in [-0.1, -0.05) is 18.2 Å². The van der Waals surface area contributed by atoms with Gasteiger partial charge in [0.2, 0.25) is 21.8 Å². The summed E-state index contributed by atoms with van der Waals surface area (Å²) in [6.07, 6.45) is 1.06. The lowest BCUT2D eigenvalue weighted by Gasteiger charge is -2.31. The van der Waals surface area contributed by atoms with Gasteiger partial charge in [-0.3, -0.25) is 13.9 Å². The van der Waals surface area contributed by atoms with Crippen molar-refractivity contribution in [3.63, 3.8) is 0 Å². The number of likely N-dealkylation sites (N-methyl/N-ethyl adjacent to an activating group) is 1. The van der Waals surface area contributed by atoms with Crippen LogP contribution in [-0.4, -0.2) is 57.6 Å². The molecular formula is C24H33N3O5S. The van der Waals surface area contributed by atoms with E-state index >= 15 is 0 Å². The number of nitrogens with zero attached hydrogens (tertiary/aromatic N) is 2. The fraction of sp³-hybridized carbons (Fsp3) is 0.417. The Morgan fingerprint density at radius 2 is 1.79 bits per heavy atom. The van der Waals surface area contributed by atoms with Gasteiger partial charge in [0.25, 0.3) is 0 Å². The predicted octanol–water partition coefficient (Wildman–Crippen LogP) is 2.63. The molecule has 0 bridgehead atoms. The van der Waals surface area contributed by atoms with Crippen molar-refractivity contribution in [1.29, 1.82) is 0 Å². The smallest absolute Gasteiger partial charge is 0.244 e. The maximum Gasteiger partial charge on any atom is 0.244 e. The summed E-state index contributed by atoms with van der Waals surface area (Å²) in [4.78, 5) is 27.4. The summed E-state index contributed by atoms with van der Waals surface area (Å²) >= 11 is 0. The molecule has 2 rings (SSSR count). The minimum Gasteiger partial charge on any atom is -0.497 e. The number of methoxy groups -OCH3 is 1. The molecule has 0 heterocycles. The molecule has 9 heteroatoms. The van der Waals surface area contributed by atoms with Crippen molar-refractivity contribution in [1.82, 2.24) is 10.2 Å². The number of rotatable bonds is 10. The summed E-state index contributed by atoms with van der Waals surface area (Å²) in [6, 6.07) is 11.6. The number of carbonyl (C=O) groups excluding carboxylic acids is 2. The highest BCUT2D eigenvalue weighted by Crippen LogP contribution is 2.22. The lowest BCUT2D eigenvalue weighted by Crippen LogP contribution is -2.51. The molecule has 2 aromatic rings. The minimum atomic E-state index is -3.75. The van der Waals surface area contributed by atoms with Crippen LogP contribution in [-0.2, 0) is 26.2 Å². The lowest BCUT2D eigenvalue weighted by atomic mass is 10.1. The fourth-order valence-corrected chi connectivity index (χ4v) is 4.21. The summed E-state index contributed by atoms with van der Waals surface area (Å²) in [6.45, 7) is 7.36. The van der Waals surface area contributed by atoms with E-state index in [0.29, 0.717) is 18.0 Å². The van der Waals surface area contributed by atoms with Gasteiger partial charge in [-0.25, -0.2) is 8.42 Å². The van der Waals surface area contributed by atoms with Crippen LogP contribution >= 0.6 is 0 Å². The van der Waals surface area contributed by atoms with Gasteiger partial charge in [0.1, 0.15) is 18.3 Å². The van der Waals surface area contributed by atoms with Crippen LogP contribution in [0.1, 0.15) is 30.5 Å². The van der Waals surface area contributed by atoms with Crippen molar-refractivity contribution in [3.8, 4) is 5.75 Å². The summed E-state index contributed by atoms with van der Waals surface area (Å²) in [5.41, 5.74) is 3.09. The average Bonchev–Trinajstić information content (AvgIpc) is 2.76. The molecule has 2 amide bonds. The van der Waals surface area contributed by atoms with Gasteiger partial charge in [-0.2, -0.15) is 0 Å². The van der Waals surface area contributed by atoms with Crippen molar-refractivity contribution in [3.05, 3.63) is 59.2 Å². The lowest BCUT2D eigenvalue weighted by molar-refractivity contribution is -0.139. The minimum absolute atomic E-state index is 0.124. The van der Waals surface area contributed by atoms with Crippen LogP contribution in [0.4, 0.5) is 5.69 Å². The highest BCUT2D eigenvalue weighted by atomic mass is 32.2. The van der Waals surface area contributed by atoms with E-state index in [1.54, 1.807) is 51.3 Å². The number of hydrogen-bond acceptors (Lipinski definition) is 5. The Morgan fingerprint density at radius 1 is 1.09 bits per heavy atom. The Kier molecular flexibility index (Phi) is 8.87. The molecule has 0 saturated heterocycles. The predicted molar refractivity (Wildman–Crippen MR) is 130 cm³/mol. The second kappa shape index (κ2) is 11.2. The second-order valence-electron chi connectivity index (χ2n) is 7.98. The number of anilines is 1. The molecule has 0 aromatic heterocycles. The Bertz CT molecular complexity index is 1100. The largest absolute Gasteiger partial charge is 0.497 e. The van der Waals surface area contributed by atoms with E-state index in [-0.39, 0.29) is 12.5 Å². The summed E-state index contributed by atoms with van der Waals surface area (Å²) in [5, 5.41) is 2.73. The van der Waals surface area contributed by atoms with Crippen molar-refractivity contribution in [2.45, 2.75) is 40.3 Å². The average molecular weight is 476 g/mol. The summed E-state index contributed by atoms with van der Waals surface area (Å²) in [7, 11) is -2.20. The molecule has 0 fully saturated rings. The molecular weight excluding hydrogens is 442 g/mol. The first-order chi connectivity index (χ1) is 15.5. The van der Waals surface area contributed by atoms with Gasteiger partial charge in [0.15, 0.2) is 0 Å². The van der Waals surface area contributed by atoms with Gasteiger partial charge >= 0.3 is 0 Å². The number of benzene rings is 2. The number of carbonyl (C=O) groups is 2. The first-order valence-electron chi connectivity index (χ1n) is 10.7. The summed E-state index contributed by atoms with van der Waals surface area (Å²) < 4.78 is 31.5. The van der Waals surface area contributed by atoms with Crippen molar-refractivity contribution in [2.24, 2.45) is 0 Å². The third kappa shape index (κ3) is 6.95. The van der Waals surface area contributed by atoms with E-state index in [0.717, 1.165) is 27.3 Å². The van der Waals surface area contributed by atoms with Crippen LogP contribution in [0.3, 0.4) is 0 Å². The normalized spacial score (nSPS) is 12.1. The van der Waals surface area contributed by atoms with Crippen LogP contribution in [0.15, 0.2) is 42.5 Å². The number of aryl methyl sites for hydroxylation is 2. The molecule has 2 aromatic carbocycles. The molecule has 33 heavy (non-hydrogen) atoms. The number of amides is 2. The van der Waals surface area contributed by atoms with E-state index in [9.17, 15) is 18.0 Å². The maximum atomic E-state index is 13.4. The Hall–Kier alpha value is -3.07. The molecule has 0 aliphatic heterocycles. The van der Waals surface area contributed by atoms with E-state index < -0.39 is 28.5 Å². The monoisotopic (exact) mass is 475 g/mol. The number of ether oxygens (including phenoxy) is 1. The first-order valence-corrected chi connectivity index (χ1v) is 12.6. The van der Waals surface area contributed by atoms with Crippen LogP contribution in [0, 0.1) is 13.8 Å².